The number of likely N-dealkylation sites (tertiary alicyclic amines) is 1. The smallest absolute Gasteiger partial charge is 0.324 e. The van der Waals surface area contributed by atoms with Gasteiger partial charge in [0.1, 0.15) is 0 Å². The summed E-state index contributed by atoms with van der Waals surface area (Å²) in [4.78, 5) is 39.3. The minimum Gasteiger partial charge on any atom is -0.454 e. The third kappa shape index (κ3) is 3.62. The van der Waals surface area contributed by atoms with Gasteiger partial charge in [0.15, 0.2) is 17.5 Å². The van der Waals surface area contributed by atoms with Crippen molar-refractivity contribution in [3.8, 4) is 11.5 Å². The topological polar surface area (TPSA) is 101 Å². The Morgan fingerprint density at radius 3 is 2.71 bits per heavy atom. The Labute approximate surface area is 162 Å². The standard InChI is InChI=1S/C19H24N4O5/c1-12(18(25)23-9-6-20-19(23)26)22-7-4-13(5-8-22)17(24)21-14-2-3-15-16(10-14)28-11-27-15/h2-3,10,12-13H,4-9,11H2,1H3,(H,20,26)(H,21,24)/p+1/t12-/m1/s1. The Morgan fingerprint density at radius 2 is 2.00 bits per heavy atom. The molecule has 0 aliphatic carbocycles. The van der Waals surface area contributed by atoms with Gasteiger partial charge in [-0.2, -0.15) is 0 Å². The lowest BCUT2D eigenvalue weighted by molar-refractivity contribution is -0.919. The van der Waals surface area contributed by atoms with Gasteiger partial charge in [-0.3, -0.25) is 14.5 Å². The second-order valence-electron chi connectivity index (χ2n) is 7.43. The lowest BCUT2D eigenvalue weighted by Gasteiger charge is -2.33. The molecule has 0 bridgehead atoms. The van der Waals surface area contributed by atoms with Gasteiger partial charge < -0.3 is 25.0 Å². The molecule has 0 spiro atoms. The molecule has 0 saturated carbocycles. The van der Waals surface area contributed by atoms with Crippen LogP contribution in [0.3, 0.4) is 0 Å². The van der Waals surface area contributed by atoms with Crippen LogP contribution in [-0.4, -0.2) is 61.8 Å². The third-order valence-corrected chi connectivity index (χ3v) is 5.74. The Balaban J connectivity index is 1.29. The number of benzene rings is 1. The van der Waals surface area contributed by atoms with E-state index in [1.807, 2.05) is 6.92 Å². The molecule has 0 unspecified atom stereocenters. The molecule has 4 amide bonds. The normalized spacial score (nSPS) is 24.6. The fraction of sp³-hybridized carbons (Fsp3) is 0.526. The Bertz CT molecular complexity index is 791. The minimum atomic E-state index is -0.311. The van der Waals surface area contributed by atoms with Crippen LogP contribution in [0.2, 0.25) is 0 Å². The van der Waals surface area contributed by atoms with Gasteiger partial charge in [0.05, 0.1) is 13.1 Å². The Morgan fingerprint density at radius 1 is 1.25 bits per heavy atom. The molecule has 2 saturated heterocycles. The maximum Gasteiger partial charge on any atom is 0.324 e. The first-order valence-corrected chi connectivity index (χ1v) is 9.67. The zero-order chi connectivity index (χ0) is 19.7. The molecule has 3 aliphatic heterocycles. The van der Waals surface area contributed by atoms with Crippen molar-refractivity contribution >= 4 is 23.5 Å². The largest absolute Gasteiger partial charge is 0.454 e. The van der Waals surface area contributed by atoms with E-state index >= 15 is 0 Å². The van der Waals surface area contributed by atoms with Crippen LogP contribution in [0, 0.1) is 5.92 Å². The van der Waals surface area contributed by atoms with Gasteiger partial charge in [-0.15, -0.1) is 0 Å². The van der Waals surface area contributed by atoms with Crippen LogP contribution >= 0.6 is 0 Å². The van der Waals surface area contributed by atoms with Crippen LogP contribution in [0.15, 0.2) is 18.2 Å². The summed E-state index contributed by atoms with van der Waals surface area (Å²) >= 11 is 0. The van der Waals surface area contributed by atoms with Crippen molar-refractivity contribution in [3.63, 3.8) is 0 Å². The van der Waals surface area contributed by atoms with Crippen molar-refractivity contribution in [1.82, 2.24) is 10.2 Å². The number of urea groups is 1. The number of piperidine rings is 1. The third-order valence-electron chi connectivity index (χ3n) is 5.74. The Hall–Kier alpha value is -2.81. The summed E-state index contributed by atoms with van der Waals surface area (Å²) in [6, 6.07) is 4.75. The summed E-state index contributed by atoms with van der Waals surface area (Å²) in [5.41, 5.74) is 0.688. The zero-order valence-corrected chi connectivity index (χ0v) is 15.8. The Kier molecular flexibility index (Phi) is 5.08. The van der Waals surface area contributed by atoms with Gasteiger partial charge in [0, 0.05) is 43.6 Å². The number of nitrogens with one attached hydrogen (secondary N) is 3. The highest BCUT2D eigenvalue weighted by molar-refractivity contribution is 5.97. The van der Waals surface area contributed by atoms with Gasteiger partial charge in [-0.05, 0) is 19.1 Å². The average Bonchev–Trinajstić information content (AvgIpc) is 3.35. The minimum absolute atomic E-state index is 0.0178. The first-order chi connectivity index (χ1) is 13.5. The highest BCUT2D eigenvalue weighted by Crippen LogP contribution is 2.34. The maximum absolute atomic E-state index is 12.6. The van der Waals surface area contributed by atoms with E-state index in [1.54, 1.807) is 18.2 Å². The number of fused-ring (bicyclic) bond motifs is 1. The molecule has 3 heterocycles. The van der Waals surface area contributed by atoms with E-state index in [9.17, 15) is 14.4 Å². The first-order valence-electron chi connectivity index (χ1n) is 9.67. The number of rotatable bonds is 4. The predicted molar refractivity (Wildman–Crippen MR) is 99.2 cm³/mol. The van der Waals surface area contributed by atoms with Gasteiger partial charge in [0.25, 0.3) is 5.91 Å². The number of hydrogen-bond donors (Lipinski definition) is 3. The number of amides is 4. The lowest BCUT2D eigenvalue weighted by Crippen LogP contribution is -3.17. The number of anilines is 1. The summed E-state index contributed by atoms with van der Waals surface area (Å²) < 4.78 is 10.6. The van der Waals surface area contributed by atoms with Crippen LogP contribution in [0.1, 0.15) is 19.8 Å². The number of quaternary nitrogens is 1. The fourth-order valence-corrected chi connectivity index (χ4v) is 3.99. The van der Waals surface area contributed by atoms with Gasteiger partial charge >= 0.3 is 6.03 Å². The van der Waals surface area contributed by atoms with Crippen molar-refractivity contribution in [1.29, 1.82) is 0 Å². The SMILES string of the molecule is C[C@H](C(=O)N1CCNC1=O)[NH+]1CCC(C(=O)Nc2ccc3c(c2)OCO3)CC1. The molecule has 28 heavy (non-hydrogen) atoms. The van der Waals surface area contributed by atoms with E-state index in [4.69, 9.17) is 9.47 Å². The number of ether oxygens (including phenoxy) is 2. The van der Waals surface area contributed by atoms with Crippen molar-refractivity contribution in [2.24, 2.45) is 5.92 Å². The molecule has 0 radical (unpaired) electrons. The zero-order valence-electron chi connectivity index (χ0n) is 15.8. The quantitative estimate of drug-likeness (QED) is 0.650. The fourth-order valence-electron chi connectivity index (χ4n) is 3.99. The summed E-state index contributed by atoms with van der Waals surface area (Å²) in [7, 11) is 0. The molecule has 1 aromatic carbocycles. The van der Waals surface area contributed by atoms with Crippen LogP contribution in [0.4, 0.5) is 10.5 Å². The van der Waals surface area contributed by atoms with Crippen molar-refractivity contribution in [2.75, 3.05) is 38.3 Å². The van der Waals surface area contributed by atoms with Crippen LogP contribution < -0.4 is 25.0 Å². The monoisotopic (exact) mass is 389 g/mol. The number of carbonyl (C=O) groups is 3. The van der Waals surface area contributed by atoms with Crippen molar-refractivity contribution in [3.05, 3.63) is 18.2 Å². The van der Waals surface area contributed by atoms with Crippen LogP contribution in [-0.2, 0) is 9.59 Å². The number of nitrogens with zero attached hydrogens (tertiary/aromatic N) is 1. The molecule has 3 aliphatic rings. The maximum atomic E-state index is 12.6. The molecule has 4 rings (SSSR count). The summed E-state index contributed by atoms with van der Waals surface area (Å²) in [5, 5.41) is 5.60. The molecule has 2 fully saturated rings. The summed E-state index contributed by atoms with van der Waals surface area (Å²) in [5.74, 6) is 1.06. The van der Waals surface area contributed by atoms with E-state index in [0.29, 0.717) is 43.1 Å². The highest BCUT2D eigenvalue weighted by Gasteiger charge is 2.37. The van der Waals surface area contributed by atoms with Gasteiger partial charge in [0.2, 0.25) is 12.7 Å². The van der Waals surface area contributed by atoms with Crippen LogP contribution in [0.5, 0.6) is 11.5 Å². The van der Waals surface area contributed by atoms with Gasteiger partial charge in [-0.1, -0.05) is 0 Å². The molecular weight excluding hydrogens is 364 g/mol. The number of hydrogen-bond acceptors (Lipinski definition) is 5. The van der Waals surface area contributed by atoms with E-state index in [2.05, 4.69) is 10.6 Å². The molecule has 1 aromatic rings. The van der Waals surface area contributed by atoms with E-state index in [0.717, 1.165) is 18.0 Å². The van der Waals surface area contributed by atoms with Crippen molar-refractivity contribution in [2.45, 2.75) is 25.8 Å². The number of carbonyl (C=O) groups excluding carboxylic acids is 3. The molecule has 3 N–H and O–H groups in total. The highest BCUT2D eigenvalue weighted by atomic mass is 16.7. The second-order valence-corrected chi connectivity index (χ2v) is 7.43. The predicted octanol–water partition coefficient (Wildman–Crippen LogP) is -0.411. The average molecular weight is 389 g/mol. The lowest BCUT2D eigenvalue weighted by atomic mass is 9.94. The summed E-state index contributed by atoms with van der Waals surface area (Å²) in [6.45, 7) is 4.44. The van der Waals surface area contributed by atoms with E-state index in [-0.39, 0.29) is 36.6 Å². The van der Waals surface area contributed by atoms with E-state index in [1.165, 1.54) is 4.90 Å². The summed E-state index contributed by atoms with van der Waals surface area (Å²) in [6.07, 6.45) is 1.41. The molecule has 9 heteroatoms. The first kappa shape index (κ1) is 18.5. The molecular formula is C19H25N4O5+. The van der Waals surface area contributed by atoms with Crippen LogP contribution in [0.25, 0.3) is 0 Å². The van der Waals surface area contributed by atoms with Gasteiger partial charge in [-0.25, -0.2) is 4.79 Å². The molecule has 9 nitrogen and oxygen atoms in total. The van der Waals surface area contributed by atoms with E-state index < -0.39 is 0 Å². The second kappa shape index (κ2) is 7.67. The molecule has 0 aromatic heterocycles. The molecule has 150 valence electrons. The number of imide groups is 1. The molecule has 1 atom stereocenters. The van der Waals surface area contributed by atoms with Crippen molar-refractivity contribution < 1.29 is 28.8 Å².